The quantitative estimate of drug-likeness (QED) is 0.870. The Morgan fingerprint density at radius 1 is 1.35 bits per heavy atom. The highest BCUT2D eigenvalue weighted by Gasteiger charge is 2.05. The molecule has 5 nitrogen and oxygen atoms in total. The lowest BCUT2D eigenvalue weighted by molar-refractivity contribution is 0.339. The lowest BCUT2D eigenvalue weighted by atomic mass is 10.1. The van der Waals surface area contributed by atoms with Crippen LogP contribution in [0, 0.1) is 6.92 Å². The van der Waals surface area contributed by atoms with E-state index in [0.717, 1.165) is 16.8 Å². The summed E-state index contributed by atoms with van der Waals surface area (Å²) >= 11 is 0. The topological polar surface area (TPSA) is 67.9 Å². The Morgan fingerprint density at radius 2 is 2.18 bits per heavy atom. The van der Waals surface area contributed by atoms with E-state index >= 15 is 0 Å². The molecule has 88 valence electrons. The molecule has 0 aliphatic rings. The number of nitrogens with zero attached hydrogens (tertiary/aromatic N) is 2. The first kappa shape index (κ1) is 11.3. The van der Waals surface area contributed by atoms with Gasteiger partial charge >= 0.3 is 5.69 Å². The maximum atomic E-state index is 11.2. The van der Waals surface area contributed by atoms with E-state index in [0.29, 0.717) is 12.4 Å². The van der Waals surface area contributed by atoms with Crippen molar-refractivity contribution in [2.75, 3.05) is 6.61 Å². The molecule has 5 heteroatoms. The predicted molar refractivity (Wildman–Crippen MR) is 64.0 cm³/mol. The van der Waals surface area contributed by atoms with Gasteiger partial charge in [-0.1, -0.05) is 0 Å². The highest BCUT2D eigenvalue weighted by molar-refractivity contribution is 5.62. The summed E-state index contributed by atoms with van der Waals surface area (Å²) in [6.07, 6.45) is 4.87. The van der Waals surface area contributed by atoms with Crippen molar-refractivity contribution >= 4 is 0 Å². The van der Waals surface area contributed by atoms with Gasteiger partial charge in [-0.2, -0.15) is 0 Å². The average Bonchev–Trinajstić information content (AvgIpc) is 2.33. The molecular weight excluding hydrogens is 218 g/mol. The fourth-order valence-electron chi connectivity index (χ4n) is 1.56. The van der Waals surface area contributed by atoms with Crippen molar-refractivity contribution in [3.05, 3.63) is 40.7 Å². The van der Waals surface area contributed by atoms with E-state index < -0.39 is 0 Å². The van der Waals surface area contributed by atoms with E-state index in [1.54, 1.807) is 18.6 Å². The van der Waals surface area contributed by atoms with Crippen LogP contribution in [0.5, 0.6) is 5.75 Å². The molecule has 0 aliphatic carbocycles. The summed E-state index contributed by atoms with van der Waals surface area (Å²) in [6.45, 7) is 4.37. The van der Waals surface area contributed by atoms with E-state index in [1.165, 1.54) is 0 Å². The van der Waals surface area contributed by atoms with Gasteiger partial charge in [-0.05, 0) is 25.5 Å². The van der Waals surface area contributed by atoms with Crippen LogP contribution in [0.25, 0.3) is 11.3 Å². The van der Waals surface area contributed by atoms with Gasteiger partial charge in [-0.3, -0.25) is 4.98 Å². The maximum Gasteiger partial charge on any atom is 0.345 e. The number of pyridine rings is 1. The lowest BCUT2D eigenvalue weighted by Crippen LogP contribution is -2.11. The number of H-pyrrole nitrogens is 1. The molecule has 0 saturated carbocycles. The van der Waals surface area contributed by atoms with Crippen molar-refractivity contribution in [1.29, 1.82) is 0 Å². The number of aromatic nitrogens is 3. The summed E-state index contributed by atoms with van der Waals surface area (Å²) in [4.78, 5) is 21.7. The van der Waals surface area contributed by atoms with Crippen LogP contribution in [0.15, 0.2) is 29.5 Å². The molecule has 0 amide bonds. The Balaban J connectivity index is 2.48. The number of aryl methyl sites for hydroxylation is 1. The maximum absolute atomic E-state index is 11.2. The van der Waals surface area contributed by atoms with Crippen molar-refractivity contribution in [2.24, 2.45) is 0 Å². The molecule has 2 aromatic rings. The summed E-state index contributed by atoms with van der Waals surface area (Å²) in [5, 5.41) is 0. The molecule has 0 saturated heterocycles. The normalized spacial score (nSPS) is 10.2. The highest BCUT2D eigenvalue weighted by Crippen LogP contribution is 2.22. The zero-order valence-corrected chi connectivity index (χ0v) is 9.73. The minimum atomic E-state index is -0.368. The Hall–Kier alpha value is -2.17. The highest BCUT2D eigenvalue weighted by atomic mass is 16.5. The summed E-state index contributed by atoms with van der Waals surface area (Å²) in [6, 6.07) is 1.84. The van der Waals surface area contributed by atoms with Crippen LogP contribution < -0.4 is 10.4 Å². The molecule has 0 aliphatic heterocycles. The first-order valence-electron chi connectivity index (χ1n) is 5.35. The van der Waals surface area contributed by atoms with Crippen LogP contribution >= 0.6 is 0 Å². The Labute approximate surface area is 98.5 Å². The Kier molecular flexibility index (Phi) is 3.18. The zero-order valence-electron chi connectivity index (χ0n) is 9.73. The van der Waals surface area contributed by atoms with Crippen molar-refractivity contribution < 1.29 is 4.74 Å². The number of ether oxygens (including phenoxy) is 1. The van der Waals surface area contributed by atoms with Crippen LogP contribution in [0.3, 0.4) is 0 Å². The average molecular weight is 231 g/mol. The predicted octanol–water partition coefficient (Wildman–Crippen LogP) is 1.54. The molecule has 0 spiro atoms. The zero-order chi connectivity index (χ0) is 12.3. The van der Waals surface area contributed by atoms with E-state index in [-0.39, 0.29) is 5.69 Å². The van der Waals surface area contributed by atoms with E-state index in [1.807, 2.05) is 19.9 Å². The van der Waals surface area contributed by atoms with Gasteiger partial charge < -0.3 is 9.72 Å². The molecule has 2 aromatic heterocycles. The summed E-state index contributed by atoms with van der Waals surface area (Å²) < 4.78 is 5.37. The molecule has 2 heterocycles. The van der Waals surface area contributed by atoms with Crippen LogP contribution in [0.1, 0.15) is 12.5 Å². The SMILES string of the molecule is CCOc1cncc(-c2[nH]c(=O)ncc2C)c1. The molecule has 17 heavy (non-hydrogen) atoms. The Morgan fingerprint density at radius 3 is 2.94 bits per heavy atom. The second-order valence-corrected chi connectivity index (χ2v) is 3.59. The summed E-state index contributed by atoms with van der Waals surface area (Å²) in [7, 11) is 0. The third kappa shape index (κ3) is 2.50. The second-order valence-electron chi connectivity index (χ2n) is 3.59. The molecule has 0 radical (unpaired) electrons. The number of nitrogens with one attached hydrogen (secondary N) is 1. The van der Waals surface area contributed by atoms with Crippen molar-refractivity contribution in [3.8, 4) is 17.0 Å². The molecule has 0 unspecified atom stereocenters. The van der Waals surface area contributed by atoms with Gasteiger partial charge in [0.25, 0.3) is 0 Å². The lowest BCUT2D eigenvalue weighted by Gasteiger charge is -2.07. The van der Waals surface area contributed by atoms with Gasteiger partial charge in [0.2, 0.25) is 0 Å². The Bertz CT molecular complexity index is 578. The monoisotopic (exact) mass is 231 g/mol. The van der Waals surface area contributed by atoms with Gasteiger partial charge in [0, 0.05) is 18.0 Å². The first-order chi connectivity index (χ1) is 8.20. The van der Waals surface area contributed by atoms with Crippen LogP contribution in [0.2, 0.25) is 0 Å². The smallest absolute Gasteiger partial charge is 0.345 e. The van der Waals surface area contributed by atoms with Crippen LogP contribution in [-0.2, 0) is 0 Å². The second kappa shape index (κ2) is 4.78. The van der Waals surface area contributed by atoms with E-state index in [9.17, 15) is 4.79 Å². The molecule has 0 atom stereocenters. The third-order valence-corrected chi connectivity index (χ3v) is 2.31. The minimum Gasteiger partial charge on any atom is -0.492 e. The number of rotatable bonds is 3. The number of hydrogen-bond donors (Lipinski definition) is 1. The van der Waals surface area contributed by atoms with Crippen LogP contribution in [-0.4, -0.2) is 21.6 Å². The van der Waals surface area contributed by atoms with Gasteiger partial charge in [0.15, 0.2) is 0 Å². The summed E-state index contributed by atoms with van der Waals surface area (Å²) in [5.74, 6) is 0.682. The molecule has 0 bridgehead atoms. The molecule has 0 aromatic carbocycles. The van der Waals surface area contributed by atoms with E-state index in [4.69, 9.17) is 4.74 Å². The largest absolute Gasteiger partial charge is 0.492 e. The van der Waals surface area contributed by atoms with Crippen molar-refractivity contribution in [1.82, 2.24) is 15.0 Å². The molecular formula is C12H13N3O2. The van der Waals surface area contributed by atoms with E-state index in [2.05, 4.69) is 15.0 Å². The minimum absolute atomic E-state index is 0.368. The van der Waals surface area contributed by atoms with Crippen molar-refractivity contribution in [3.63, 3.8) is 0 Å². The standard InChI is InChI=1S/C12H13N3O2/c1-3-17-10-4-9(6-13-7-10)11-8(2)5-14-12(16)15-11/h4-7H,3H2,1-2H3,(H,14,15,16). The fraction of sp³-hybridized carbons (Fsp3) is 0.250. The molecule has 0 fully saturated rings. The van der Waals surface area contributed by atoms with Gasteiger partial charge in [-0.25, -0.2) is 9.78 Å². The van der Waals surface area contributed by atoms with Crippen molar-refractivity contribution in [2.45, 2.75) is 13.8 Å². The van der Waals surface area contributed by atoms with Gasteiger partial charge in [0.1, 0.15) is 5.75 Å². The number of hydrogen-bond acceptors (Lipinski definition) is 4. The number of aromatic amines is 1. The first-order valence-corrected chi connectivity index (χ1v) is 5.35. The van der Waals surface area contributed by atoms with Gasteiger partial charge in [0.05, 0.1) is 18.5 Å². The molecule has 1 N–H and O–H groups in total. The van der Waals surface area contributed by atoms with Crippen LogP contribution in [0.4, 0.5) is 0 Å². The van der Waals surface area contributed by atoms with Gasteiger partial charge in [-0.15, -0.1) is 0 Å². The summed E-state index contributed by atoms with van der Waals surface area (Å²) in [5.41, 5.74) is 2.06. The fourth-order valence-corrected chi connectivity index (χ4v) is 1.56. The third-order valence-electron chi connectivity index (χ3n) is 2.31. The molecule has 2 rings (SSSR count).